The number of carbonyl (C=O) groups is 4. The Hall–Kier alpha value is -2.40. The first-order chi connectivity index (χ1) is 12.0. The van der Waals surface area contributed by atoms with E-state index in [9.17, 15) is 32.3 Å². The van der Waals surface area contributed by atoms with Gasteiger partial charge in [0.1, 0.15) is 6.04 Å². The molecule has 11 heteroatoms. The van der Waals surface area contributed by atoms with E-state index in [2.05, 4.69) is 4.74 Å². The Labute approximate surface area is 150 Å². The van der Waals surface area contributed by atoms with Crippen molar-refractivity contribution in [1.82, 2.24) is 5.32 Å². The lowest BCUT2D eigenvalue weighted by Crippen LogP contribution is -2.50. The summed E-state index contributed by atoms with van der Waals surface area (Å²) in [6, 6.07) is 5.12. The highest BCUT2D eigenvalue weighted by Crippen LogP contribution is 2.18. The van der Waals surface area contributed by atoms with E-state index in [1.165, 1.54) is 19.1 Å². The number of alkyl halides is 3. The van der Waals surface area contributed by atoms with Gasteiger partial charge in [-0.05, 0) is 6.92 Å². The summed E-state index contributed by atoms with van der Waals surface area (Å²) in [6.45, 7) is 1.28. The largest absolute Gasteiger partial charge is 0.491 e. The van der Waals surface area contributed by atoms with Gasteiger partial charge in [-0.3, -0.25) is 9.59 Å². The van der Waals surface area contributed by atoms with Crippen molar-refractivity contribution in [2.24, 2.45) is 5.73 Å². The smallest absolute Gasteiger partial charge is 0.385 e. The zero-order valence-electron chi connectivity index (χ0n) is 13.4. The minimum atomic E-state index is -5.38. The summed E-state index contributed by atoms with van der Waals surface area (Å²) >= 11 is 0.566. The lowest BCUT2D eigenvalue weighted by atomic mass is 10.2. The van der Waals surface area contributed by atoms with E-state index in [1.807, 2.05) is 5.32 Å². The number of rotatable bonds is 6. The number of nitrogens with two attached hydrogens (primary N) is 1. The van der Waals surface area contributed by atoms with E-state index < -0.39 is 47.0 Å². The van der Waals surface area contributed by atoms with Gasteiger partial charge in [0, 0.05) is 11.3 Å². The van der Waals surface area contributed by atoms with Crippen molar-refractivity contribution >= 4 is 34.7 Å². The van der Waals surface area contributed by atoms with Crippen LogP contribution in [0.3, 0.4) is 0 Å². The van der Waals surface area contributed by atoms with Crippen LogP contribution < -0.4 is 11.1 Å². The number of ether oxygens (including phenoxy) is 1. The van der Waals surface area contributed by atoms with Crippen molar-refractivity contribution in [3.8, 4) is 0 Å². The van der Waals surface area contributed by atoms with Gasteiger partial charge in [-0.15, -0.1) is 0 Å². The van der Waals surface area contributed by atoms with E-state index in [0.717, 1.165) is 0 Å². The Kier molecular flexibility index (Phi) is 7.77. The maximum Gasteiger partial charge on any atom is 0.491 e. The highest BCUT2D eigenvalue weighted by atomic mass is 32.2. The van der Waals surface area contributed by atoms with E-state index >= 15 is 0 Å². The Bertz CT molecular complexity index is 680. The SMILES string of the molecule is C[C@H](N)C(=O)N[C@@H](CSC(=O)c1ccccc1)C(=O)OC(=O)C(F)(F)F. The van der Waals surface area contributed by atoms with Crippen molar-refractivity contribution in [1.29, 1.82) is 0 Å². The standard InChI is InChI=1S/C15H15F3N2O5S/c1-8(19)11(21)20-10(12(22)25-14(24)15(16,17)18)7-26-13(23)9-5-3-2-4-6-9/h2-6,8,10H,7,19H2,1H3,(H,20,21)/t8-,10-/m0/s1. The third-order valence-electron chi connectivity index (χ3n) is 2.83. The Balaban J connectivity index is 2.81. The first kappa shape index (κ1) is 21.6. The fourth-order valence-corrected chi connectivity index (χ4v) is 2.35. The van der Waals surface area contributed by atoms with Crippen LogP contribution in [0.5, 0.6) is 0 Å². The second kappa shape index (κ2) is 9.34. The van der Waals surface area contributed by atoms with Crippen LogP contribution in [0.25, 0.3) is 0 Å². The number of nitrogens with one attached hydrogen (secondary N) is 1. The van der Waals surface area contributed by atoms with Gasteiger partial charge in [0.05, 0.1) is 6.04 Å². The third-order valence-corrected chi connectivity index (χ3v) is 3.83. The maximum absolute atomic E-state index is 12.2. The number of hydrogen-bond acceptors (Lipinski definition) is 7. The number of benzene rings is 1. The third kappa shape index (κ3) is 6.84. The van der Waals surface area contributed by atoms with Gasteiger partial charge < -0.3 is 15.8 Å². The van der Waals surface area contributed by atoms with Crippen molar-refractivity contribution in [2.75, 3.05) is 5.75 Å². The first-order valence-electron chi connectivity index (χ1n) is 7.13. The van der Waals surface area contributed by atoms with E-state index in [4.69, 9.17) is 5.73 Å². The molecule has 7 nitrogen and oxygen atoms in total. The number of thioether (sulfide) groups is 1. The number of esters is 2. The van der Waals surface area contributed by atoms with Crippen LogP contribution in [0.4, 0.5) is 13.2 Å². The Morgan fingerprint density at radius 2 is 1.77 bits per heavy atom. The highest BCUT2D eigenvalue weighted by molar-refractivity contribution is 8.14. The van der Waals surface area contributed by atoms with Crippen LogP contribution in [0.2, 0.25) is 0 Å². The van der Waals surface area contributed by atoms with Crippen LogP contribution in [0, 0.1) is 0 Å². The van der Waals surface area contributed by atoms with Crippen molar-refractivity contribution < 1.29 is 37.1 Å². The van der Waals surface area contributed by atoms with Crippen LogP contribution in [0.15, 0.2) is 30.3 Å². The molecular formula is C15H15F3N2O5S. The van der Waals surface area contributed by atoms with Gasteiger partial charge in [-0.2, -0.15) is 13.2 Å². The molecular weight excluding hydrogens is 377 g/mol. The minimum Gasteiger partial charge on any atom is -0.385 e. The lowest BCUT2D eigenvalue weighted by Gasteiger charge is -2.18. The molecule has 0 aromatic heterocycles. The van der Waals surface area contributed by atoms with E-state index in [-0.39, 0.29) is 5.56 Å². The minimum absolute atomic E-state index is 0.287. The molecule has 26 heavy (non-hydrogen) atoms. The summed E-state index contributed by atoms with van der Waals surface area (Å²) < 4.78 is 40.3. The molecule has 0 radical (unpaired) electrons. The van der Waals surface area contributed by atoms with Crippen molar-refractivity contribution in [3.63, 3.8) is 0 Å². The van der Waals surface area contributed by atoms with Crippen LogP contribution >= 0.6 is 11.8 Å². The fraction of sp³-hybridized carbons (Fsp3) is 0.333. The molecule has 0 saturated carbocycles. The topological polar surface area (TPSA) is 116 Å². The van der Waals surface area contributed by atoms with Gasteiger partial charge >= 0.3 is 18.1 Å². The van der Waals surface area contributed by atoms with Gasteiger partial charge in [0.15, 0.2) is 0 Å². The second-order valence-corrected chi connectivity index (χ2v) is 6.01. The number of amides is 1. The summed E-state index contributed by atoms with van der Waals surface area (Å²) in [5.41, 5.74) is 5.60. The predicted molar refractivity (Wildman–Crippen MR) is 86.0 cm³/mol. The fourth-order valence-electron chi connectivity index (χ4n) is 1.51. The van der Waals surface area contributed by atoms with Gasteiger partial charge in [0.25, 0.3) is 0 Å². The molecule has 0 aliphatic rings. The monoisotopic (exact) mass is 392 g/mol. The quantitative estimate of drug-likeness (QED) is 0.549. The molecule has 0 bridgehead atoms. The molecule has 2 atom stereocenters. The molecule has 0 unspecified atom stereocenters. The maximum atomic E-state index is 12.2. The molecule has 0 spiro atoms. The number of halogens is 3. The van der Waals surface area contributed by atoms with E-state index in [0.29, 0.717) is 11.8 Å². The van der Waals surface area contributed by atoms with E-state index in [1.54, 1.807) is 18.2 Å². The van der Waals surface area contributed by atoms with Gasteiger partial charge in [-0.1, -0.05) is 42.1 Å². The van der Waals surface area contributed by atoms with Crippen LogP contribution in [-0.2, 0) is 19.1 Å². The van der Waals surface area contributed by atoms with Gasteiger partial charge in [0.2, 0.25) is 11.0 Å². The zero-order chi connectivity index (χ0) is 19.9. The molecule has 1 amide bonds. The second-order valence-electron chi connectivity index (χ2n) is 5.02. The van der Waals surface area contributed by atoms with Crippen LogP contribution in [0.1, 0.15) is 17.3 Å². The molecule has 0 aliphatic carbocycles. The molecule has 3 N–H and O–H groups in total. The van der Waals surface area contributed by atoms with Gasteiger partial charge in [-0.25, -0.2) is 9.59 Å². The lowest BCUT2D eigenvalue weighted by molar-refractivity contribution is -0.202. The molecule has 0 saturated heterocycles. The molecule has 0 heterocycles. The van der Waals surface area contributed by atoms with Crippen molar-refractivity contribution in [3.05, 3.63) is 35.9 Å². The van der Waals surface area contributed by atoms with Crippen molar-refractivity contribution in [2.45, 2.75) is 25.2 Å². The summed E-state index contributed by atoms with van der Waals surface area (Å²) in [6.07, 6.45) is -5.38. The average Bonchev–Trinajstić information content (AvgIpc) is 2.57. The normalized spacial score (nSPS) is 13.4. The Morgan fingerprint density at radius 1 is 1.19 bits per heavy atom. The molecule has 1 aromatic rings. The molecule has 1 rings (SSSR count). The number of carbonyl (C=O) groups excluding carboxylic acids is 4. The first-order valence-corrected chi connectivity index (χ1v) is 8.12. The average molecular weight is 392 g/mol. The Morgan fingerprint density at radius 3 is 2.27 bits per heavy atom. The highest BCUT2D eigenvalue weighted by Gasteiger charge is 2.43. The molecule has 0 aliphatic heterocycles. The zero-order valence-corrected chi connectivity index (χ0v) is 14.2. The predicted octanol–water partition coefficient (Wildman–Crippen LogP) is 1.02. The molecule has 0 fully saturated rings. The molecule has 142 valence electrons. The number of hydrogen-bond donors (Lipinski definition) is 2. The van der Waals surface area contributed by atoms with Crippen LogP contribution in [-0.4, -0.2) is 47.0 Å². The summed E-state index contributed by atoms with van der Waals surface area (Å²) in [4.78, 5) is 46.2. The summed E-state index contributed by atoms with van der Waals surface area (Å²) in [5, 5.41) is 1.56. The summed E-state index contributed by atoms with van der Waals surface area (Å²) in [5.74, 6) is -5.67. The molecule has 1 aromatic carbocycles. The summed E-state index contributed by atoms with van der Waals surface area (Å²) in [7, 11) is 0.